The summed E-state index contributed by atoms with van der Waals surface area (Å²) in [7, 11) is 0. The lowest BCUT2D eigenvalue weighted by Gasteiger charge is -2.49. The topological polar surface area (TPSA) is 229 Å². The van der Waals surface area contributed by atoms with Gasteiger partial charge >= 0.3 is 11.9 Å². The number of carbonyl (C=O) groups excluding carboxylic acids is 2. The van der Waals surface area contributed by atoms with E-state index in [0.29, 0.717) is 5.57 Å². The number of carboxylic acids is 2. The molecule has 1 saturated heterocycles. The standard InChI is InChI=1S/C20H18N6O9S2/c27-12(28)5-11-21-20(24-23-11)37-7-9-6-36-18-13(17(31)25(18)14(9)19(32)33)22-16(30)15(29)8-1-3-10(4-2-8)26(34)35/h1-4,13,15,18,29H,5-7H2,(H,22,30)(H,27,28)(H,32,33)(H,21,23,24)/t13?,15?,18-/m1/s1. The predicted molar refractivity (Wildman–Crippen MR) is 126 cm³/mol. The van der Waals surface area contributed by atoms with Crippen LogP contribution < -0.4 is 5.32 Å². The SMILES string of the molecule is O=C(O)Cc1nc(SCC2=C(C(=O)O)N3C(=O)C(NC(=O)C(O)c4ccc([N+](=O)[O-])cc4)[C@H]3SC2)n[nH]1. The molecule has 2 aliphatic heterocycles. The van der Waals surface area contributed by atoms with Crippen molar-refractivity contribution in [3.8, 4) is 0 Å². The van der Waals surface area contributed by atoms with Crippen LogP contribution in [0.15, 0.2) is 40.7 Å². The van der Waals surface area contributed by atoms with Crippen molar-refractivity contribution in [3.63, 3.8) is 0 Å². The zero-order valence-corrected chi connectivity index (χ0v) is 20.2. The minimum Gasteiger partial charge on any atom is -0.481 e. The van der Waals surface area contributed by atoms with Gasteiger partial charge in [-0.25, -0.2) is 9.78 Å². The third-order valence-corrected chi connectivity index (χ3v) is 7.69. The van der Waals surface area contributed by atoms with Gasteiger partial charge in [-0.2, -0.15) is 0 Å². The Morgan fingerprint density at radius 3 is 2.62 bits per heavy atom. The number of nitrogens with one attached hydrogen (secondary N) is 2. The molecule has 37 heavy (non-hydrogen) atoms. The van der Waals surface area contributed by atoms with Gasteiger partial charge in [0.1, 0.15) is 29.4 Å². The number of aliphatic hydroxyl groups is 1. The lowest BCUT2D eigenvalue weighted by atomic mass is 10.0. The third-order valence-electron chi connectivity index (χ3n) is 5.42. The van der Waals surface area contributed by atoms with Crippen molar-refractivity contribution in [2.75, 3.05) is 11.5 Å². The lowest BCUT2D eigenvalue weighted by Crippen LogP contribution is -2.70. The Hall–Kier alpha value is -3.96. The molecule has 0 spiro atoms. The van der Waals surface area contributed by atoms with E-state index >= 15 is 0 Å². The summed E-state index contributed by atoms with van der Waals surface area (Å²) in [6.45, 7) is 0. The zero-order chi connectivity index (χ0) is 26.9. The van der Waals surface area contributed by atoms with E-state index in [-0.39, 0.29) is 45.9 Å². The van der Waals surface area contributed by atoms with Gasteiger partial charge in [-0.05, 0) is 23.3 Å². The number of hydrogen-bond acceptors (Lipinski definition) is 11. The molecule has 1 aromatic heterocycles. The van der Waals surface area contributed by atoms with Gasteiger partial charge in [0.2, 0.25) is 5.16 Å². The summed E-state index contributed by atoms with van der Waals surface area (Å²) in [5.74, 6) is -3.48. The highest BCUT2D eigenvalue weighted by Gasteiger charge is 2.54. The van der Waals surface area contributed by atoms with Crippen molar-refractivity contribution < 1.29 is 39.4 Å². The fourth-order valence-corrected chi connectivity index (χ4v) is 5.97. The molecule has 3 atom stereocenters. The number of benzene rings is 1. The largest absolute Gasteiger partial charge is 0.481 e. The number of hydrogen-bond donors (Lipinski definition) is 5. The average Bonchev–Trinajstić information content (AvgIpc) is 3.31. The van der Waals surface area contributed by atoms with Crippen LogP contribution >= 0.6 is 23.5 Å². The second-order valence-electron chi connectivity index (χ2n) is 7.83. The Kier molecular flexibility index (Phi) is 7.46. The van der Waals surface area contributed by atoms with Gasteiger partial charge < -0.3 is 20.6 Å². The molecule has 4 rings (SSSR count). The Labute approximate surface area is 215 Å². The van der Waals surface area contributed by atoms with Crippen molar-refractivity contribution in [1.82, 2.24) is 25.4 Å². The van der Waals surface area contributed by atoms with Crippen molar-refractivity contribution in [2.24, 2.45) is 0 Å². The second-order valence-corrected chi connectivity index (χ2v) is 9.88. The highest BCUT2D eigenvalue weighted by Crippen LogP contribution is 2.41. The average molecular weight is 551 g/mol. The van der Waals surface area contributed by atoms with E-state index in [1.807, 2.05) is 0 Å². The summed E-state index contributed by atoms with van der Waals surface area (Å²) in [5.41, 5.74) is 0.0776. The number of H-pyrrole nitrogens is 1. The number of carboxylic acid groups (broad SMARTS) is 2. The fourth-order valence-electron chi connectivity index (χ4n) is 3.67. The summed E-state index contributed by atoms with van der Waals surface area (Å²) in [6.07, 6.45) is -2.03. The Morgan fingerprint density at radius 1 is 1.30 bits per heavy atom. The molecule has 17 heteroatoms. The van der Waals surface area contributed by atoms with E-state index in [4.69, 9.17) is 5.11 Å². The number of nitrogens with zero attached hydrogens (tertiary/aromatic N) is 4. The van der Waals surface area contributed by atoms with E-state index < -0.39 is 46.2 Å². The number of aliphatic hydroxyl groups excluding tert-OH is 1. The van der Waals surface area contributed by atoms with Crippen LogP contribution in [0.3, 0.4) is 0 Å². The van der Waals surface area contributed by atoms with Gasteiger partial charge in [0.25, 0.3) is 17.5 Å². The first-order valence-corrected chi connectivity index (χ1v) is 12.5. The van der Waals surface area contributed by atoms with Crippen molar-refractivity contribution in [1.29, 1.82) is 0 Å². The zero-order valence-electron chi connectivity index (χ0n) is 18.6. The predicted octanol–water partition coefficient (Wildman–Crippen LogP) is -0.0957. The Balaban J connectivity index is 1.41. The minimum absolute atomic E-state index is 0.0898. The van der Waals surface area contributed by atoms with Gasteiger partial charge in [0, 0.05) is 23.6 Å². The van der Waals surface area contributed by atoms with Crippen LogP contribution in [-0.4, -0.2) is 87.0 Å². The van der Waals surface area contributed by atoms with Crippen LogP contribution in [0.5, 0.6) is 0 Å². The normalized spacial score (nSPS) is 19.6. The fraction of sp³-hybridized carbons (Fsp3) is 0.300. The van der Waals surface area contributed by atoms with E-state index in [9.17, 15) is 39.5 Å². The Bertz CT molecular complexity index is 1310. The van der Waals surface area contributed by atoms with E-state index in [1.54, 1.807) is 0 Å². The summed E-state index contributed by atoms with van der Waals surface area (Å²) in [5, 5.41) is 48.0. The molecule has 5 N–H and O–H groups in total. The highest BCUT2D eigenvalue weighted by atomic mass is 32.2. The summed E-state index contributed by atoms with van der Waals surface area (Å²) in [6, 6.07) is 3.64. The molecular weight excluding hydrogens is 532 g/mol. The van der Waals surface area contributed by atoms with Crippen LogP contribution in [0, 0.1) is 10.1 Å². The number of nitro benzene ring substituents is 1. The van der Waals surface area contributed by atoms with Gasteiger partial charge in [-0.3, -0.25) is 34.5 Å². The molecule has 3 heterocycles. The number of amides is 2. The number of aromatic amines is 1. The Morgan fingerprint density at radius 2 is 2.00 bits per heavy atom. The maximum absolute atomic E-state index is 12.8. The van der Waals surface area contributed by atoms with E-state index in [1.165, 1.54) is 23.9 Å². The smallest absolute Gasteiger partial charge is 0.352 e. The molecule has 0 radical (unpaired) electrons. The molecule has 0 bridgehead atoms. The first kappa shape index (κ1) is 26.1. The highest BCUT2D eigenvalue weighted by molar-refractivity contribution is 8.01. The lowest BCUT2D eigenvalue weighted by molar-refractivity contribution is -0.384. The van der Waals surface area contributed by atoms with Crippen LogP contribution in [0.1, 0.15) is 17.5 Å². The monoisotopic (exact) mass is 550 g/mol. The summed E-state index contributed by atoms with van der Waals surface area (Å²) >= 11 is 2.31. The quantitative estimate of drug-likeness (QED) is 0.113. The van der Waals surface area contributed by atoms with Crippen molar-refractivity contribution >= 4 is 53.0 Å². The van der Waals surface area contributed by atoms with Crippen LogP contribution in [0.2, 0.25) is 0 Å². The van der Waals surface area contributed by atoms with Gasteiger partial charge in [0.05, 0.1) is 4.92 Å². The summed E-state index contributed by atoms with van der Waals surface area (Å²) in [4.78, 5) is 63.3. The molecule has 2 aromatic rings. The van der Waals surface area contributed by atoms with Gasteiger partial charge in [0.15, 0.2) is 6.10 Å². The number of carbonyl (C=O) groups is 4. The molecule has 15 nitrogen and oxygen atoms in total. The molecule has 2 unspecified atom stereocenters. The maximum Gasteiger partial charge on any atom is 0.352 e. The number of aliphatic carboxylic acids is 2. The first-order valence-electron chi connectivity index (χ1n) is 10.5. The maximum atomic E-state index is 12.8. The van der Waals surface area contributed by atoms with Crippen LogP contribution in [0.4, 0.5) is 5.69 Å². The number of thioether (sulfide) groups is 2. The molecule has 1 fully saturated rings. The molecule has 1 aromatic carbocycles. The molecule has 194 valence electrons. The summed E-state index contributed by atoms with van der Waals surface area (Å²) < 4.78 is 0. The van der Waals surface area contributed by atoms with Crippen LogP contribution in [-0.2, 0) is 25.6 Å². The molecule has 2 amide bonds. The van der Waals surface area contributed by atoms with Crippen LogP contribution in [0.25, 0.3) is 0 Å². The van der Waals surface area contributed by atoms with Gasteiger partial charge in [-0.1, -0.05) is 11.8 Å². The molecule has 0 saturated carbocycles. The molecule has 0 aliphatic carbocycles. The van der Waals surface area contributed by atoms with Gasteiger partial charge in [-0.15, -0.1) is 16.9 Å². The minimum atomic E-state index is -1.69. The number of β-lactam (4-membered cyclic amide) rings is 1. The molecule has 2 aliphatic rings. The first-order chi connectivity index (χ1) is 17.6. The van der Waals surface area contributed by atoms with E-state index in [2.05, 4.69) is 20.5 Å². The number of fused-ring (bicyclic) bond motifs is 1. The van der Waals surface area contributed by atoms with Crippen molar-refractivity contribution in [3.05, 3.63) is 57.0 Å². The third kappa shape index (κ3) is 5.42. The number of aromatic nitrogens is 3. The number of nitro groups is 1. The van der Waals surface area contributed by atoms with Crippen molar-refractivity contribution in [2.45, 2.75) is 29.1 Å². The second kappa shape index (κ2) is 10.6. The number of rotatable bonds is 10. The van der Waals surface area contributed by atoms with E-state index in [0.717, 1.165) is 28.8 Å². The molecular formula is C20H18N6O9S2. The number of non-ortho nitro benzene ring substituents is 1.